The van der Waals surface area contributed by atoms with Crippen molar-refractivity contribution in [1.82, 2.24) is 0 Å². The van der Waals surface area contributed by atoms with Gasteiger partial charge in [-0.1, -0.05) is 0 Å². The van der Waals surface area contributed by atoms with Gasteiger partial charge in [0.25, 0.3) is 0 Å². The van der Waals surface area contributed by atoms with Crippen LogP contribution in [-0.4, -0.2) is 94.1 Å². The van der Waals surface area contributed by atoms with Gasteiger partial charge in [0.2, 0.25) is 0 Å². The lowest BCUT2D eigenvalue weighted by Gasteiger charge is -1.79. The zero-order valence-electron chi connectivity index (χ0n) is 15.8. The highest BCUT2D eigenvalue weighted by Crippen LogP contribution is 2.12. The summed E-state index contributed by atoms with van der Waals surface area (Å²) in [5, 5.41) is 46.1. The molecule has 0 saturated carbocycles. The highest BCUT2D eigenvalue weighted by atomic mass is 32.1. The average Bonchev–Trinajstić information content (AvgIpc) is 2.36. The molecule has 0 aliphatic heterocycles. The van der Waals surface area contributed by atoms with E-state index in [0.717, 1.165) is 0 Å². The number of hydrogen-bond acceptors (Lipinski definition) is 18. The molecule has 12 N–H and O–H groups in total. The van der Waals surface area contributed by atoms with Crippen molar-refractivity contribution in [3.8, 4) is 0 Å². The largest absolute Gasteiger partial charge is 0.386 e. The molecule has 0 aromatic heterocycles. The van der Waals surface area contributed by atoms with Gasteiger partial charge in [0.1, 0.15) is 0 Å². The lowest BCUT2D eigenvalue weighted by Crippen LogP contribution is -1.79. The van der Waals surface area contributed by atoms with Crippen molar-refractivity contribution in [1.29, 1.82) is 0 Å². The Morgan fingerprint density at radius 3 is 0.517 bits per heavy atom. The van der Waals surface area contributed by atoms with Crippen molar-refractivity contribution in [3.63, 3.8) is 0 Å². The molecule has 12 nitrogen and oxygen atoms in total. The van der Waals surface area contributed by atoms with Gasteiger partial charge < -0.3 is 60.0 Å². The molecule has 0 saturated heterocycles. The van der Waals surface area contributed by atoms with Crippen LogP contribution in [0.1, 0.15) is 20.8 Å². The smallest absolute Gasteiger partial charge is 0.324 e. The van der Waals surface area contributed by atoms with E-state index in [1.54, 1.807) is 20.8 Å². The lowest BCUT2D eigenvalue weighted by atomic mass is 10.9. The number of aliphatic hydroxyl groups is 6. The molecule has 0 aliphatic carbocycles. The van der Waals surface area contributed by atoms with Gasteiger partial charge in [-0.3, -0.25) is 0 Å². The van der Waals surface area contributed by atoms with Gasteiger partial charge >= 0.3 is 17.2 Å². The molecule has 0 radical (unpaired) electrons. The second kappa shape index (κ2) is 63.2. The molecule has 3 unspecified atom stereocenters. The second-order valence-electron chi connectivity index (χ2n) is 2.86. The van der Waals surface area contributed by atoms with Crippen molar-refractivity contribution in [2.45, 2.75) is 37.1 Å². The summed E-state index contributed by atoms with van der Waals surface area (Å²) in [6.45, 7) is 4.76. The minimum Gasteiger partial charge on any atom is -0.386 e. The average molecular weight is 591 g/mol. The van der Waals surface area contributed by atoms with Crippen LogP contribution in [0.15, 0.2) is 0 Å². The number of thiol groups is 6. The van der Waals surface area contributed by atoms with Crippen LogP contribution in [0.3, 0.4) is 0 Å². The quantitative estimate of drug-likeness (QED) is 0.0898. The minimum absolute atomic E-state index is 0.0556. The van der Waals surface area contributed by atoms with Crippen LogP contribution in [0.2, 0.25) is 0 Å². The van der Waals surface area contributed by atoms with Crippen LogP contribution in [0, 0.1) is 0 Å². The van der Waals surface area contributed by atoms with E-state index < -0.39 is 33.5 Å². The van der Waals surface area contributed by atoms with Crippen LogP contribution >= 0.6 is 93.0 Å². The molecular weight excluding hydrogens is 554 g/mol. The summed E-state index contributed by atoms with van der Waals surface area (Å²) in [4.78, 5) is 43.4. The Morgan fingerprint density at radius 1 is 0.517 bits per heavy atom. The summed E-state index contributed by atoms with van der Waals surface area (Å²) in [5.41, 5.74) is -1.42. The van der Waals surface area contributed by atoms with Gasteiger partial charge in [0.15, 0.2) is 0 Å². The van der Waals surface area contributed by atoms with Crippen LogP contribution in [0.25, 0.3) is 0 Å². The molecule has 0 rings (SSSR count). The fraction of sp³-hybridized carbons (Fsp3) is 1.00. The third-order valence-corrected chi connectivity index (χ3v) is 0. The maximum absolute atomic E-state index is 7.92. The van der Waals surface area contributed by atoms with Crippen molar-refractivity contribution in [2.75, 3.05) is 17.8 Å². The van der Waals surface area contributed by atoms with Crippen molar-refractivity contribution in [2.24, 2.45) is 0 Å². The van der Waals surface area contributed by atoms with Gasteiger partial charge in [-0.2, -0.15) is 37.9 Å². The van der Waals surface area contributed by atoms with Gasteiger partial charge in [-0.05, 0) is 20.8 Å². The predicted octanol–water partition coefficient (Wildman–Crippen LogP) is -1.26. The molecule has 0 aromatic carbocycles. The highest BCUT2D eigenvalue weighted by Gasteiger charge is 1.77. The Hall–Kier alpha value is 2.48. The minimum atomic E-state index is -2.62. The first-order chi connectivity index (χ1) is 12.9. The Labute approximate surface area is 207 Å². The molecule has 0 heterocycles. The molecule has 20 heteroatoms. The first-order valence-corrected chi connectivity index (χ1v) is 12.2. The van der Waals surface area contributed by atoms with E-state index in [9.17, 15) is 0 Å². The zero-order chi connectivity index (χ0) is 26.0. The zero-order valence-corrected chi connectivity index (χ0v) is 23.0. The Bertz CT molecular complexity index is 139. The predicted molar refractivity (Wildman–Crippen MR) is 137 cm³/mol. The molecule has 0 aromatic rings. The fourth-order valence-corrected chi connectivity index (χ4v) is 0. The van der Waals surface area contributed by atoms with Crippen LogP contribution in [-0.2, 0) is 0 Å². The van der Waals surface area contributed by atoms with E-state index >= 15 is 0 Å². The molecular formula is C9H36O12P2S6. The van der Waals surface area contributed by atoms with Gasteiger partial charge in [0.05, 0.1) is 34.1 Å². The van der Waals surface area contributed by atoms with E-state index in [4.69, 9.17) is 60.0 Å². The van der Waals surface area contributed by atoms with Crippen molar-refractivity contribution in [3.05, 3.63) is 0 Å². The van der Waals surface area contributed by atoms with Gasteiger partial charge in [0, 0.05) is 0 Å². The first kappa shape index (κ1) is 53.0. The van der Waals surface area contributed by atoms with E-state index in [1.807, 2.05) is 0 Å². The summed E-state index contributed by atoms with van der Waals surface area (Å²) >= 11 is 20.6. The standard InChI is InChI=1S/3C2H6OS.3CH4OS.2H3O3P/c3*1-2(3)4;3*2-1-3;2*1-4(2)3/h3*2-4H,1H3;3*2-3H,1H2;2*1-3H. The Balaban J connectivity index is -0.0000000291. The maximum Gasteiger partial charge on any atom is 0.324 e. The van der Waals surface area contributed by atoms with Crippen LogP contribution in [0.4, 0.5) is 0 Å². The summed E-state index contributed by atoms with van der Waals surface area (Å²) < 4.78 is 0. The summed E-state index contributed by atoms with van der Waals surface area (Å²) in [5.74, 6) is -0.167. The van der Waals surface area contributed by atoms with E-state index in [2.05, 4.69) is 75.8 Å². The number of aliphatic hydroxyl groups excluding tert-OH is 6. The van der Waals surface area contributed by atoms with Gasteiger partial charge in [-0.15, -0.1) is 37.9 Å². The Morgan fingerprint density at radius 2 is 0.517 bits per heavy atom. The monoisotopic (exact) mass is 590 g/mol. The van der Waals surface area contributed by atoms with E-state index in [1.165, 1.54) is 0 Å². The molecule has 3 atom stereocenters. The third-order valence-electron chi connectivity index (χ3n) is 0. The normalized spacial score (nSPS) is 10.9. The number of hydrogen-bond donors (Lipinski definition) is 18. The third kappa shape index (κ3) is 4020. The van der Waals surface area contributed by atoms with E-state index in [-0.39, 0.29) is 17.8 Å². The Kier molecular flexibility index (Phi) is 116. The second-order valence-corrected chi connectivity index (χ2v) is 7.02. The summed E-state index contributed by atoms with van der Waals surface area (Å²) in [6.07, 6.45) is 0. The van der Waals surface area contributed by atoms with Crippen LogP contribution in [0.5, 0.6) is 0 Å². The van der Waals surface area contributed by atoms with Gasteiger partial charge in [-0.25, -0.2) is 0 Å². The van der Waals surface area contributed by atoms with Crippen molar-refractivity contribution >= 4 is 93.0 Å². The summed E-state index contributed by atoms with van der Waals surface area (Å²) in [7, 11) is -5.24. The molecule has 0 amide bonds. The maximum atomic E-state index is 7.92. The molecule has 29 heavy (non-hydrogen) atoms. The molecule has 0 spiro atoms. The molecule has 0 bridgehead atoms. The van der Waals surface area contributed by atoms with Crippen molar-refractivity contribution < 1.29 is 60.0 Å². The molecule has 190 valence electrons. The fourth-order valence-electron chi connectivity index (χ4n) is 0. The summed E-state index contributed by atoms with van der Waals surface area (Å²) in [6, 6.07) is 0. The highest BCUT2D eigenvalue weighted by molar-refractivity contribution is 7.81. The SMILES string of the molecule is CC(O)S.CC(O)S.CC(O)S.OCS.OCS.OCS.OP(O)O.OP(O)O. The molecule has 0 fully saturated rings. The lowest BCUT2D eigenvalue weighted by molar-refractivity contribution is 0.286. The van der Waals surface area contributed by atoms with Crippen LogP contribution < -0.4 is 0 Å². The topological polar surface area (TPSA) is 243 Å². The number of rotatable bonds is 0. The first-order valence-electron chi connectivity index (χ1n) is 6.38. The molecule has 0 aliphatic rings. The van der Waals surface area contributed by atoms with E-state index in [0.29, 0.717) is 0 Å².